The number of methoxy groups -OCH3 is 2. The molecule has 0 saturated carbocycles. The summed E-state index contributed by atoms with van der Waals surface area (Å²) in [4.78, 5) is 31.0. The number of sulfone groups is 2. The number of hydrogen-bond donors (Lipinski definition) is 2. The Morgan fingerprint density at radius 1 is 0.830 bits per heavy atom. The van der Waals surface area contributed by atoms with Crippen molar-refractivity contribution in [1.82, 2.24) is 9.97 Å². The van der Waals surface area contributed by atoms with E-state index in [9.17, 15) is 26.4 Å². The van der Waals surface area contributed by atoms with Gasteiger partial charge in [0, 0.05) is 54.7 Å². The van der Waals surface area contributed by atoms with Crippen molar-refractivity contribution in [3.63, 3.8) is 0 Å². The van der Waals surface area contributed by atoms with E-state index in [0.29, 0.717) is 25.7 Å². The van der Waals surface area contributed by atoms with Gasteiger partial charge in [-0.25, -0.2) is 16.8 Å². The van der Waals surface area contributed by atoms with Gasteiger partial charge >= 0.3 is 11.9 Å². The van der Waals surface area contributed by atoms with Crippen LogP contribution in [0.1, 0.15) is 42.3 Å². The average molecular weight is 815 g/mol. The zero-order valence-corrected chi connectivity index (χ0v) is 31.6. The summed E-state index contributed by atoms with van der Waals surface area (Å²) in [5.74, 6) is -1.93. The highest BCUT2D eigenvalue weighted by molar-refractivity contribution is 9.10. The summed E-state index contributed by atoms with van der Waals surface area (Å²) in [6, 6.07) is 12.1. The number of ether oxygens (including phenoxy) is 2. The van der Waals surface area contributed by atoms with E-state index < -0.39 is 41.6 Å². The van der Waals surface area contributed by atoms with Gasteiger partial charge in [0.15, 0.2) is 29.7 Å². The number of rotatable bonds is 6. The molecular formula is C33H38Br2N2O8S2. The lowest BCUT2D eigenvalue weighted by Gasteiger charge is -2.35. The zero-order valence-electron chi connectivity index (χ0n) is 26.8. The van der Waals surface area contributed by atoms with Crippen molar-refractivity contribution >= 4 is 85.3 Å². The van der Waals surface area contributed by atoms with E-state index in [4.69, 9.17) is 9.47 Å². The molecule has 10 nitrogen and oxygen atoms in total. The molecule has 254 valence electrons. The first-order valence-corrected chi connectivity index (χ1v) is 20.5. The van der Waals surface area contributed by atoms with Crippen LogP contribution in [0.2, 0.25) is 0 Å². The Bertz CT molecular complexity index is 2090. The predicted molar refractivity (Wildman–Crippen MR) is 189 cm³/mol. The molecule has 0 fully saturated rings. The summed E-state index contributed by atoms with van der Waals surface area (Å²) < 4.78 is 58.8. The van der Waals surface area contributed by atoms with Gasteiger partial charge < -0.3 is 19.4 Å². The van der Waals surface area contributed by atoms with Crippen LogP contribution in [-0.4, -0.2) is 75.5 Å². The third-order valence-corrected chi connectivity index (χ3v) is 14.3. The topological polar surface area (TPSA) is 152 Å². The second-order valence-electron chi connectivity index (χ2n) is 12.6. The van der Waals surface area contributed by atoms with Crippen molar-refractivity contribution in [1.29, 1.82) is 0 Å². The maximum absolute atomic E-state index is 12.4. The van der Waals surface area contributed by atoms with Gasteiger partial charge in [-0.1, -0.05) is 31.9 Å². The highest BCUT2D eigenvalue weighted by atomic mass is 79.9. The lowest BCUT2D eigenvalue weighted by atomic mass is 9.79. The first-order chi connectivity index (χ1) is 22.0. The van der Waals surface area contributed by atoms with E-state index in [-0.39, 0.29) is 11.8 Å². The monoisotopic (exact) mass is 812 g/mol. The maximum atomic E-state index is 12.4. The number of nitrogens with one attached hydrogen (secondary N) is 2. The second kappa shape index (κ2) is 13.3. The highest BCUT2D eigenvalue weighted by Gasteiger charge is 2.52. The van der Waals surface area contributed by atoms with Gasteiger partial charge in [0.25, 0.3) is 0 Å². The molecule has 4 atom stereocenters. The summed E-state index contributed by atoms with van der Waals surface area (Å²) in [5, 5.41) is 1.21. The van der Waals surface area contributed by atoms with E-state index in [1.165, 1.54) is 32.3 Å². The number of carbonyl (C=O) groups is 2. The van der Waals surface area contributed by atoms with Gasteiger partial charge in [0.05, 0.1) is 14.2 Å². The van der Waals surface area contributed by atoms with Gasteiger partial charge in [0.2, 0.25) is 0 Å². The number of aromatic nitrogens is 2. The van der Waals surface area contributed by atoms with Crippen molar-refractivity contribution in [3.05, 3.63) is 67.9 Å². The average Bonchev–Trinajstić information content (AvgIpc) is 3.55. The molecule has 4 aromatic rings. The van der Waals surface area contributed by atoms with Gasteiger partial charge in [-0.2, -0.15) is 0 Å². The van der Waals surface area contributed by atoms with Crippen molar-refractivity contribution in [3.8, 4) is 0 Å². The van der Waals surface area contributed by atoms with Crippen molar-refractivity contribution in [2.24, 2.45) is 11.8 Å². The first-order valence-electron chi connectivity index (χ1n) is 15.1. The minimum atomic E-state index is -3.61. The predicted octanol–water partition coefficient (Wildman–Crippen LogP) is 5.63. The molecule has 14 heteroatoms. The molecule has 6 rings (SSSR count). The lowest BCUT2D eigenvalue weighted by molar-refractivity contribution is -0.145. The number of H-pyrrole nitrogens is 2. The highest BCUT2D eigenvalue weighted by Crippen LogP contribution is 2.40. The number of halogens is 2. The van der Waals surface area contributed by atoms with E-state index in [2.05, 4.69) is 54.0 Å². The molecule has 2 heterocycles. The Kier molecular flexibility index (Phi) is 10.1. The number of aromatic amines is 2. The minimum Gasteiger partial charge on any atom is -0.468 e. The van der Waals surface area contributed by atoms with Crippen LogP contribution >= 0.6 is 31.9 Å². The van der Waals surface area contributed by atoms with Gasteiger partial charge in [-0.3, -0.25) is 9.59 Å². The van der Waals surface area contributed by atoms with E-state index in [1.807, 2.05) is 24.3 Å². The summed E-state index contributed by atoms with van der Waals surface area (Å²) in [6.07, 6.45) is 6.03. The summed E-state index contributed by atoms with van der Waals surface area (Å²) in [5.41, 5.74) is 6.53. The molecule has 2 N–H and O–H groups in total. The fourth-order valence-corrected chi connectivity index (χ4v) is 10.5. The summed E-state index contributed by atoms with van der Waals surface area (Å²) in [6.45, 7) is 1.49. The summed E-state index contributed by atoms with van der Waals surface area (Å²) >= 11 is 6.97. The van der Waals surface area contributed by atoms with Crippen molar-refractivity contribution in [2.75, 3.05) is 26.7 Å². The fraction of sp³-hybridized carbons (Fsp3) is 0.455. The largest absolute Gasteiger partial charge is 0.468 e. The van der Waals surface area contributed by atoms with Crippen molar-refractivity contribution in [2.45, 2.75) is 55.4 Å². The van der Waals surface area contributed by atoms with Crippen LogP contribution in [0.3, 0.4) is 0 Å². The van der Waals surface area contributed by atoms with Crippen LogP contribution in [0.5, 0.6) is 0 Å². The smallest absolute Gasteiger partial charge is 0.327 e. The molecule has 0 spiro atoms. The van der Waals surface area contributed by atoms with E-state index in [0.717, 1.165) is 67.5 Å². The van der Waals surface area contributed by atoms with Crippen molar-refractivity contribution < 1.29 is 35.9 Å². The molecule has 0 aliphatic heterocycles. The Balaban J connectivity index is 0.000000185. The number of fused-ring (bicyclic) bond motifs is 6. The zero-order chi connectivity index (χ0) is 34.5. The lowest BCUT2D eigenvalue weighted by Crippen LogP contribution is -2.51. The number of esters is 2. The van der Waals surface area contributed by atoms with E-state index in [1.54, 1.807) is 0 Å². The number of hydrogen-bond acceptors (Lipinski definition) is 8. The SMILES string of the molecule is COC(=O)C(C)(C1CCc2c([nH]c3ccc(Br)cc23)C1)S(C)(=O)=O.COC(=O)C(C1CCc2c([nH]c3ccc(Br)cc23)C1)S(C)(=O)=O. The van der Waals surface area contributed by atoms with E-state index >= 15 is 0 Å². The molecule has 4 unspecified atom stereocenters. The Hall–Kier alpha value is -2.68. The standard InChI is InChI=1S/C17H20BrNO4S.C16H18BrNO4S/c1-17(16(20)23-2,24(3,21)22)10-4-6-12-13-9-11(18)5-7-14(13)19-15(12)8-10;1-22-16(19)15(23(2,20)21)9-3-5-11-12-8-10(17)4-6-13(12)18-14(11)7-9/h5,7,9-10,19H,4,6,8H2,1-3H3;4,6,8-9,15,18H,3,5,7H2,1-2H3. The maximum Gasteiger partial charge on any atom is 0.327 e. The molecule has 2 aliphatic rings. The van der Waals surface area contributed by atoms with Crippen LogP contribution in [0.4, 0.5) is 0 Å². The van der Waals surface area contributed by atoms with Crippen LogP contribution in [0, 0.1) is 11.8 Å². The molecule has 2 aromatic heterocycles. The Labute approximate surface area is 291 Å². The molecule has 47 heavy (non-hydrogen) atoms. The van der Waals surface area contributed by atoms with Crippen LogP contribution < -0.4 is 0 Å². The first kappa shape index (κ1) is 35.6. The summed E-state index contributed by atoms with van der Waals surface area (Å²) in [7, 11) is -4.65. The quantitative estimate of drug-likeness (QED) is 0.238. The van der Waals surface area contributed by atoms with Crippen LogP contribution in [0.15, 0.2) is 45.3 Å². The Morgan fingerprint density at radius 3 is 1.81 bits per heavy atom. The van der Waals surface area contributed by atoms with Gasteiger partial charge in [0.1, 0.15) is 0 Å². The molecular weight excluding hydrogens is 776 g/mol. The number of carbonyl (C=O) groups excluding carboxylic acids is 2. The molecule has 0 bridgehead atoms. The molecule has 0 amide bonds. The molecule has 0 saturated heterocycles. The third kappa shape index (κ3) is 6.80. The normalized spacial score (nSPS) is 19.9. The molecule has 2 aromatic carbocycles. The fourth-order valence-electron chi connectivity index (χ4n) is 7.22. The van der Waals surface area contributed by atoms with Crippen LogP contribution in [-0.2, 0) is 64.4 Å². The molecule has 0 radical (unpaired) electrons. The third-order valence-electron chi connectivity index (χ3n) is 9.80. The second-order valence-corrected chi connectivity index (χ2v) is 19.0. The number of benzene rings is 2. The van der Waals surface area contributed by atoms with Gasteiger partial charge in [-0.05, 0) is 105 Å². The van der Waals surface area contributed by atoms with Gasteiger partial charge in [-0.15, -0.1) is 0 Å². The molecule has 2 aliphatic carbocycles. The van der Waals surface area contributed by atoms with Crippen LogP contribution in [0.25, 0.3) is 21.8 Å². The number of aryl methyl sites for hydroxylation is 2. The minimum absolute atomic E-state index is 0.263. The Morgan fingerprint density at radius 2 is 1.34 bits per heavy atom.